The summed E-state index contributed by atoms with van der Waals surface area (Å²) in [6.45, 7) is 4.79. The average molecular weight is 271 g/mol. The van der Waals surface area contributed by atoms with Crippen LogP contribution in [0.1, 0.15) is 24.2 Å². The van der Waals surface area contributed by atoms with Gasteiger partial charge in [0.25, 0.3) is 0 Å². The summed E-state index contributed by atoms with van der Waals surface area (Å²) in [5.41, 5.74) is -0.473. The summed E-state index contributed by atoms with van der Waals surface area (Å²) in [7, 11) is 1.71. The van der Waals surface area contributed by atoms with E-state index in [2.05, 4.69) is 0 Å². The predicted molar refractivity (Wildman–Crippen MR) is 69.3 cm³/mol. The van der Waals surface area contributed by atoms with E-state index < -0.39 is 23.0 Å². The van der Waals surface area contributed by atoms with Crippen molar-refractivity contribution in [3.05, 3.63) is 35.4 Å². The fraction of sp³-hybridized carbons (Fsp3) is 0.500. The Morgan fingerprint density at radius 3 is 2.42 bits per heavy atom. The molecule has 0 spiro atoms. The molecular formula is C14H19F2NO2. The molecule has 1 rings (SSSR count). The molecule has 0 fully saturated rings. The lowest BCUT2D eigenvalue weighted by atomic mass is 10.1. The first kappa shape index (κ1) is 15.7. The van der Waals surface area contributed by atoms with Crippen molar-refractivity contribution in [3.8, 4) is 0 Å². The van der Waals surface area contributed by atoms with Crippen LogP contribution in [0.3, 0.4) is 0 Å². The molecular weight excluding hydrogens is 252 g/mol. The molecule has 106 valence electrons. The molecule has 0 saturated heterocycles. The van der Waals surface area contributed by atoms with Crippen LogP contribution in [-0.2, 0) is 4.74 Å². The number of halogens is 2. The van der Waals surface area contributed by atoms with Crippen LogP contribution >= 0.6 is 0 Å². The maximum atomic E-state index is 13.4. The molecule has 5 heteroatoms. The summed E-state index contributed by atoms with van der Waals surface area (Å²) >= 11 is 0. The van der Waals surface area contributed by atoms with Gasteiger partial charge in [-0.2, -0.15) is 0 Å². The summed E-state index contributed by atoms with van der Waals surface area (Å²) in [6, 6.07) is 3.40. The van der Waals surface area contributed by atoms with Crippen molar-refractivity contribution in [3.63, 3.8) is 0 Å². The van der Waals surface area contributed by atoms with E-state index in [1.165, 1.54) is 6.07 Å². The second-order valence-electron chi connectivity index (χ2n) is 4.68. The highest BCUT2D eigenvalue weighted by Crippen LogP contribution is 2.13. The Balaban J connectivity index is 2.55. The third-order valence-electron chi connectivity index (χ3n) is 2.58. The number of carbonyl (C=O) groups is 1. The molecule has 0 atom stereocenters. The Kier molecular flexibility index (Phi) is 6.05. The van der Waals surface area contributed by atoms with Crippen molar-refractivity contribution in [1.29, 1.82) is 0 Å². The topological polar surface area (TPSA) is 29.5 Å². The van der Waals surface area contributed by atoms with Gasteiger partial charge in [-0.1, -0.05) is 6.07 Å². The zero-order chi connectivity index (χ0) is 14.4. The lowest BCUT2D eigenvalue weighted by molar-refractivity contribution is 0.0618. The van der Waals surface area contributed by atoms with Crippen LogP contribution in [0.25, 0.3) is 0 Å². The molecule has 0 radical (unpaired) electrons. The summed E-state index contributed by atoms with van der Waals surface area (Å²) < 4.78 is 32.2. The number of benzene rings is 1. The van der Waals surface area contributed by atoms with Crippen LogP contribution in [0.2, 0.25) is 0 Å². The van der Waals surface area contributed by atoms with Gasteiger partial charge < -0.3 is 4.74 Å². The SMILES string of the molecule is CC(C)OCCN(C)CC(=O)c1c(F)cccc1F. The van der Waals surface area contributed by atoms with E-state index >= 15 is 0 Å². The van der Waals surface area contributed by atoms with Crippen LogP contribution in [0.15, 0.2) is 18.2 Å². The monoisotopic (exact) mass is 271 g/mol. The normalized spacial score (nSPS) is 11.3. The molecule has 0 heterocycles. The molecule has 19 heavy (non-hydrogen) atoms. The van der Waals surface area contributed by atoms with Crippen molar-refractivity contribution in [1.82, 2.24) is 4.90 Å². The molecule has 0 N–H and O–H groups in total. The van der Waals surface area contributed by atoms with Gasteiger partial charge in [0.2, 0.25) is 0 Å². The van der Waals surface area contributed by atoms with Crippen LogP contribution in [0, 0.1) is 11.6 Å². The van der Waals surface area contributed by atoms with E-state index in [0.717, 1.165) is 12.1 Å². The second-order valence-corrected chi connectivity index (χ2v) is 4.68. The van der Waals surface area contributed by atoms with Crippen LogP contribution in [0.4, 0.5) is 8.78 Å². The first-order valence-corrected chi connectivity index (χ1v) is 6.19. The van der Waals surface area contributed by atoms with Gasteiger partial charge in [-0.15, -0.1) is 0 Å². The van der Waals surface area contributed by atoms with Gasteiger partial charge >= 0.3 is 0 Å². The molecule has 0 aliphatic heterocycles. The summed E-state index contributed by atoms with van der Waals surface area (Å²) in [4.78, 5) is 13.5. The van der Waals surface area contributed by atoms with Gasteiger partial charge in [-0.05, 0) is 33.0 Å². The van der Waals surface area contributed by atoms with Crippen molar-refractivity contribution >= 4 is 5.78 Å². The fourth-order valence-corrected chi connectivity index (χ4v) is 1.61. The Hall–Kier alpha value is -1.33. The molecule has 0 unspecified atom stereocenters. The van der Waals surface area contributed by atoms with E-state index in [0.29, 0.717) is 13.2 Å². The van der Waals surface area contributed by atoms with Crippen molar-refractivity contribution in [2.24, 2.45) is 0 Å². The molecule has 0 aliphatic rings. The van der Waals surface area contributed by atoms with E-state index in [1.54, 1.807) is 11.9 Å². The summed E-state index contributed by atoms with van der Waals surface area (Å²) in [5.74, 6) is -2.21. The van der Waals surface area contributed by atoms with Crippen molar-refractivity contribution in [2.75, 3.05) is 26.7 Å². The quantitative estimate of drug-likeness (QED) is 0.714. The van der Waals surface area contributed by atoms with E-state index in [4.69, 9.17) is 4.74 Å². The van der Waals surface area contributed by atoms with Crippen LogP contribution < -0.4 is 0 Å². The van der Waals surface area contributed by atoms with E-state index in [-0.39, 0.29) is 12.6 Å². The maximum Gasteiger partial charge on any atom is 0.182 e. The molecule has 0 aromatic heterocycles. The first-order valence-electron chi connectivity index (χ1n) is 6.19. The molecule has 0 amide bonds. The zero-order valence-corrected chi connectivity index (χ0v) is 11.5. The minimum atomic E-state index is -0.822. The number of Topliss-reactive ketones (excluding diaryl/α,β-unsaturated/α-hetero) is 1. The lowest BCUT2D eigenvalue weighted by Gasteiger charge is -2.17. The van der Waals surface area contributed by atoms with Gasteiger partial charge in [0.1, 0.15) is 11.6 Å². The molecule has 1 aromatic rings. The number of hydrogen-bond donors (Lipinski definition) is 0. The minimum absolute atomic E-state index is 0.0424. The molecule has 0 bridgehead atoms. The summed E-state index contributed by atoms with van der Waals surface area (Å²) in [6.07, 6.45) is 0.119. The minimum Gasteiger partial charge on any atom is -0.377 e. The number of ketones is 1. The standard InChI is InChI=1S/C14H19F2NO2/c1-10(2)19-8-7-17(3)9-13(18)14-11(15)5-4-6-12(14)16/h4-6,10H,7-9H2,1-3H3. The number of carbonyl (C=O) groups excluding carboxylic acids is 1. The molecule has 0 saturated carbocycles. The van der Waals surface area contributed by atoms with Crippen LogP contribution in [0.5, 0.6) is 0 Å². The van der Waals surface area contributed by atoms with Gasteiger partial charge in [0, 0.05) is 6.54 Å². The van der Waals surface area contributed by atoms with E-state index in [9.17, 15) is 13.6 Å². The summed E-state index contributed by atoms with van der Waals surface area (Å²) in [5, 5.41) is 0. The van der Waals surface area contributed by atoms with Gasteiger partial charge in [0.05, 0.1) is 24.8 Å². The lowest BCUT2D eigenvalue weighted by Crippen LogP contribution is -2.30. The highest BCUT2D eigenvalue weighted by molar-refractivity contribution is 5.98. The van der Waals surface area contributed by atoms with E-state index in [1.807, 2.05) is 13.8 Å². The number of ether oxygens (including phenoxy) is 1. The van der Waals surface area contributed by atoms with Crippen molar-refractivity contribution in [2.45, 2.75) is 20.0 Å². The maximum absolute atomic E-state index is 13.4. The highest BCUT2D eigenvalue weighted by Gasteiger charge is 2.18. The van der Waals surface area contributed by atoms with Gasteiger partial charge in [-0.3, -0.25) is 9.69 Å². The number of rotatable bonds is 7. The fourth-order valence-electron chi connectivity index (χ4n) is 1.61. The Morgan fingerprint density at radius 1 is 1.32 bits per heavy atom. The number of hydrogen-bond acceptors (Lipinski definition) is 3. The predicted octanol–water partition coefficient (Wildman–Crippen LogP) is 2.50. The van der Waals surface area contributed by atoms with Gasteiger partial charge in [0.15, 0.2) is 5.78 Å². The average Bonchev–Trinajstić information content (AvgIpc) is 2.27. The van der Waals surface area contributed by atoms with Crippen LogP contribution in [-0.4, -0.2) is 43.5 Å². The second kappa shape index (κ2) is 7.31. The Labute approximate surface area is 112 Å². The zero-order valence-electron chi connectivity index (χ0n) is 11.5. The smallest absolute Gasteiger partial charge is 0.182 e. The first-order chi connectivity index (χ1) is 8.91. The molecule has 0 aliphatic carbocycles. The number of likely N-dealkylation sites (N-methyl/N-ethyl adjacent to an activating group) is 1. The largest absolute Gasteiger partial charge is 0.377 e. The highest BCUT2D eigenvalue weighted by atomic mass is 19.1. The molecule has 3 nitrogen and oxygen atoms in total. The number of nitrogens with zero attached hydrogens (tertiary/aromatic N) is 1. The Bertz CT molecular complexity index is 415. The molecule has 1 aromatic carbocycles. The Morgan fingerprint density at radius 2 is 1.89 bits per heavy atom. The van der Waals surface area contributed by atoms with Gasteiger partial charge in [-0.25, -0.2) is 8.78 Å². The van der Waals surface area contributed by atoms with Crippen molar-refractivity contribution < 1.29 is 18.3 Å². The third kappa shape index (κ3) is 5.04. The third-order valence-corrected chi connectivity index (χ3v) is 2.58.